The Bertz CT molecular complexity index is 1730. The van der Waals surface area contributed by atoms with Crippen molar-refractivity contribution in [2.75, 3.05) is 24.6 Å². The number of anilines is 1. The van der Waals surface area contributed by atoms with Gasteiger partial charge < -0.3 is 19.7 Å². The Morgan fingerprint density at radius 2 is 1.51 bits per heavy atom. The van der Waals surface area contributed by atoms with Crippen molar-refractivity contribution in [3.05, 3.63) is 120 Å². The number of ether oxygens (including phenoxy) is 2. The van der Waals surface area contributed by atoms with Crippen LogP contribution in [0, 0.1) is 5.82 Å². The normalized spacial score (nSPS) is 11.9. The van der Waals surface area contributed by atoms with Crippen LogP contribution in [0.2, 0.25) is 0 Å². The zero-order chi connectivity index (χ0) is 34.0. The Hall–Kier alpha value is -4.90. The molecule has 0 aromatic heterocycles. The predicted octanol–water partition coefficient (Wildman–Crippen LogP) is 5.59. The van der Waals surface area contributed by atoms with Crippen LogP contribution in [-0.4, -0.2) is 57.5 Å². The topological polar surface area (TPSA) is 105 Å². The van der Waals surface area contributed by atoms with Crippen molar-refractivity contribution >= 4 is 27.5 Å². The molecule has 4 aromatic rings. The van der Waals surface area contributed by atoms with Crippen LogP contribution in [0.4, 0.5) is 10.1 Å². The van der Waals surface area contributed by atoms with Crippen LogP contribution in [0.5, 0.6) is 11.5 Å². The second kappa shape index (κ2) is 16.1. The number of nitrogens with one attached hydrogen (secondary N) is 1. The number of halogens is 1. The molecular weight excluding hydrogens is 621 g/mol. The third-order valence-electron chi connectivity index (χ3n) is 7.31. The number of hydrogen-bond acceptors (Lipinski definition) is 6. The lowest BCUT2D eigenvalue weighted by molar-refractivity contribution is -0.140. The Kier molecular flexibility index (Phi) is 12.0. The van der Waals surface area contributed by atoms with Crippen molar-refractivity contribution in [3.8, 4) is 11.5 Å². The average molecular weight is 662 g/mol. The maximum Gasteiger partial charge on any atom is 0.264 e. The summed E-state index contributed by atoms with van der Waals surface area (Å²) in [5, 5.41) is 2.93. The number of hydrogen-bond donors (Lipinski definition) is 1. The van der Waals surface area contributed by atoms with Gasteiger partial charge in [0, 0.05) is 19.0 Å². The van der Waals surface area contributed by atoms with E-state index >= 15 is 0 Å². The molecule has 4 aromatic carbocycles. The van der Waals surface area contributed by atoms with Crippen LogP contribution in [-0.2, 0) is 32.6 Å². The molecule has 0 aliphatic heterocycles. The molecular formula is C36H40FN3O6S. The first-order valence-corrected chi connectivity index (χ1v) is 16.7. The molecule has 248 valence electrons. The summed E-state index contributed by atoms with van der Waals surface area (Å²) in [6, 6.07) is 25.9. The van der Waals surface area contributed by atoms with Crippen LogP contribution in [0.15, 0.2) is 108 Å². The fourth-order valence-electron chi connectivity index (χ4n) is 5.04. The third-order valence-corrected chi connectivity index (χ3v) is 9.09. The van der Waals surface area contributed by atoms with E-state index in [0.717, 1.165) is 34.1 Å². The Morgan fingerprint density at radius 1 is 0.851 bits per heavy atom. The van der Waals surface area contributed by atoms with Gasteiger partial charge in [0.25, 0.3) is 10.0 Å². The second-order valence-electron chi connectivity index (χ2n) is 11.1. The highest BCUT2D eigenvalue weighted by Gasteiger charge is 2.35. The van der Waals surface area contributed by atoms with Crippen molar-refractivity contribution in [3.63, 3.8) is 0 Å². The molecule has 11 heteroatoms. The van der Waals surface area contributed by atoms with Gasteiger partial charge >= 0.3 is 0 Å². The summed E-state index contributed by atoms with van der Waals surface area (Å²) in [5.41, 5.74) is 1.70. The number of carbonyl (C=O) groups is 2. The molecule has 0 saturated carbocycles. The van der Waals surface area contributed by atoms with E-state index in [1.54, 1.807) is 42.5 Å². The second-order valence-corrected chi connectivity index (χ2v) is 13.0. The molecule has 1 atom stereocenters. The van der Waals surface area contributed by atoms with Gasteiger partial charge in [0.15, 0.2) is 0 Å². The number of rotatable bonds is 15. The summed E-state index contributed by atoms with van der Waals surface area (Å²) >= 11 is 0. The number of sulfonamides is 1. The van der Waals surface area contributed by atoms with E-state index in [-0.39, 0.29) is 35.5 Å². The van der Waals surface area contributed by atoms with Gasteiger partial charge in [-0.2, -0.15) is 0 Å². The number of methoxy groups -OCH3 is 1. The Balaban J connectivity index is 1.81. The molecule has 0 aliphatic carbocycles. The van der Waals surface area contributed by atoms with Crippen molar-refractivity contribution in [1.29, 1.82) is 0 Å². The highest BCUT2D eigenvalue weighted by molar-refractivity contribution is 7.92. The van der Waals surface area contributed by atoms with E-state index in [9.17, 15) is 22.4 Å². The summed E-state index contributed by atoms with van der Waals surface area (Å²) < 4.78 is 53.9. The van der Waals surface area contributed by atoms with Crippen LogP contribution in [0.1, 0.15) is 31.9 Å². The van der Waals surface area contributed by atoms with Gasteiger partial charge in [-0.05, 0) is 92.6 Å². The van der Waals surface area contributed by atoms with Gasteiger partial charge in [0.1, 0.15) is 29.9 Å². The molecule has 1 N–H and O–H groups in total. The van der Waals surface area contributed by atoms with Crippen LogP contribution < -0.4 is 19.1 Å². The molecule has 0 radical (unpaired) electrons. The molecule has 0 aliphatic rings. The van der Waals surface area contributed by atoms with Gasteiger partial charge in [0.05, 0.1) is 24.3 Å². The zero-order valence-corrected chi connectivity index (χ0v) is 27.7. The molecule has 0 heterocycles. The first-order chi connectivity index (χ1) is 22.5. The van der Waals surface area contributed by atoms with Crippen molar-refractivity contribution in [2.24, 2.45) is 0 Å². The standard InChI is InChI=1S/C36H40FN3O6S/c1-5-46-31-18-16-30(17-19-31)40(47(43,44)33-20-14-29(37)15-21-33)25-35(41)39(24-28-12-9-13-32(22-28)45-4)34(36(42)38-26(2)3)23-27-10-7-6-8-11-27/h6-22,26,34H,5,23-25H2,1-4H3,(H,38,42)/t34-/m1/s1. The first kappa shape index (κ1) is 35.0. The van der Waals surface area contributed by atoms with Gasteiger partial charge in [-0.25, -0.2) is 12.8 Å². The predicted molar refractivity (Wildman–Crippen MR) is 179 cm³/mol. The van der Waals surface area contributed by atoms with Gasteiger partial charge in [0.2, 0.25) is 11.8 Å². The van der Waals surface area contributed by atoms with E-state index in [4.69, 9.17) is 9.47 Å². The molecule has 2 amide bonds. The SMILES string of the molecule is CCOc1ccc(N(CC(=O)N(Cc2cccc(OC)c2)[C@H](Cc2ccccc2)C(=O)NC(C)C)S(=O)(=O)c2ccc(F)cc2)cc1. The zero-order valence-electron chi connectivity index (χ0n) is 26.9. The fourth-order valence-corrected chi connectivity index (χ4v) is 6.45. The van der Waals surface area contributed by atoms with Crippen LogP contribution in [0.3, 0.4) is 0 Å². The molecule has 0 unspecified atom stereocenters. The molecule has 47 heavy (non-hydrogen) atoms. The number of amides is 2. The third kappa shape index (κ3) is 9.32. The van der Waals surface area contributed by atoms with E-state index in [0.29, 0.717) is 23.7 Å². The fraction of sp³-hybridized carbons (Fsp3) is 0.278. The van der Waals surface area contributed by atoms with Gasteiger partial charge in [-0.1, -0.05) is 42.5 Å². The minimum Gasteiger partial charge on any atom is -0.497 e. The molecule has 0 fully saturated rings. The lowest BCUT2D eigenvalue weighted by Gasteiger charge is -2.34. The lowest BCUT2D eigenvalue weighted by atomic mass is 10.0. The average Bonchev–Trinajstić information content (AvgIpc) is 3.06. The highest BCUT2D eigenvalue weighted by Crippen LogP contribution is 2.27. The molecule has 4 rings (SSSR count). The van der Waals surface area contributed by atoms with Crippen LogP contribution >= 0.6 is 0 Å². The molecule has 0 bridgehead atoms. The van der Waals surface area contributed by atoms with Crippen molar-refractivity contribution in [2.45, 2.75) is 50.7 Å². The minimum absolute atomic E-state index is 0.00718. The Morgan fingerprint density at radius 3 is 2.13 bits per heavy atom. The maximum absolute atomic E-state index is 14.5. The largest absolute Gasteiger partial charge is 0.497 e. The monoisotopic (exact) mass is 661 g/mol. The summed E-state index contributed by atoms with van der Waals surface area (Å²) in [6.07, 6.45) is 0.183. The van der Waals surface area contributed by atoms with Gasteiger partial charge in [-0.3, -0.25) is 13.9 Å². The number of nitrogens with zero attached hydrogens (tertiary/aromatic N) is 2. The maximum atomic E-state index is 14.5. The number of carbonyl (C=O) groups excluding carboxylic acids is 2. The highest BCUT2D eigenvalue weighted by atomic mass is 32.2. The van der Waals surface area contributed by atoms with E-state index < -0.39 is 34.3 Å². The first-order valence-electron chi connectivity index (χ1n) is 15.3. The minimum atomic E-state index is -4.37. The summed E-state index contributed by atoms with van der Waals surface area (Å²) in [7, 11) is -2.84. The molecule has 9 nitrogen and oxygen atoms in total. The number of benzene rings is 4. The van der Waals surface area contributed by atoms with Crippen molar-refractivity contribution in [1.82, 2.24) is 10.2 Å². The lowest BCUT2D eigenvalue weighted by Crippen LogP contribution is -2.54. The summed E-state index contributed by atoms with van der Waals surface area (Å²) in [6.45, 7) is 5.25. The van der Waals surface area contributed by atoms with Gasteiger partial charge in [-0.15, -0.1) is 0 Å². The van der Waals surface area contributed by atoms with E-state index in [2.05, 4.69) is 5.32 Å². The molecule has 0 spiro atoms. The van der Waals surface area contributed by atoms with E-state index in [1.807, 2.05) is 57.2 Å². The summed E-state index contributed by atoms with van der Waals surface area (Å²) in [5.74, 6) is -0.510. The Labute approximate surface area is 276 Å². The quantitative estimate of drug-likeness (QED) is 0.178. The smallest absolute Gasteiger partial charge is 0.264 e. The van der Waals surface area contributed by atoms with Crippen molar-refractivity contribution < 1.29 is 31.9 Å². The molecule has 0 saturated heterocycles. The van der Waals surface area contributed by atoms with E-state index in [1.165, 1.54) is 12.0 Å². The summed E-state index contributed by atoms with van der Waals surface area (Å²) in [4.78, 5) is 29.6. The van der Waals surface area contributed by atoms with Crippen LogP contribution in [0.25, 0.3) is 0 Å².